The molecule has 0 atom stereocenters. The van der Waals surface area contributed by atoms with Crippen LogP contribution in [0.15, 0.2) is 65.2 Å². The van der Waals surface area contributed by atoms with Crippen LogP contribution in [0.1, 0.15) is 40.2 Å². The van der Waals surface area contributed by atoms with Gasteiger partial charge >= 0.3 is 0 Å². The number of carbonyl (C=O) groups is 2. The summed E-state index contributed by atoms with van der Waals surface area (Å²) in [6, 6.07) is 18.9. The highest BCUT2D eigenvalue weighted by atomic mass is 16.5. The summed E-state index contributed by atoms with van der Waals surface area (Å²) in [6.45, 7) is 2.64. The fourth-order valence-corrected chi connectivity index (χ4v) is 3.19. The van der Waals surface area contributed by atoms with E-state index in [1.54, 1.807) is 11.0 Å². The number of nitrogens with zero attached hydrogens (tertiary/aromatic N) is 2. The molecule has 0 aliphatic heterocycles. The van der Waals surface area contributed by atoms with Crippen molar-refractivity contribution in [1.82, 2.24) is 15.4 Å². The van der Waals surface area contributed by atoms with Crippen LogP contribution >= 0.6 is 0 Å². The molecule has 3 aromatic rings. The molecule has 0 radical (unpaired) electrons. The lowest BCUT2D eigenvalue weighted by Crippen LogP contribution is -2.36. The van der Waals surface area contributed by atoms with Crippen molar-refractivity contribution in [3.63, 3.8) is 0 Å². The number of para-hydroxylation sites is 1. The molecule has 1 saturated carbocycles. The monoisotopic (exact) mass is 419 g/mol. The number of carbonyl (C=O) groups excluding carboxylic acids is 2. The molecule has 160 valence electrons. The average molecular weight is 419 g/mol. The third-order valence-corrected chi connectivity index (χ3v) is 5.10. The molecule has 0 saturated heterocycles. The molecule has 2 aromatic carbocycles. The van der Waals surface area contributed by atoms with E-state index in [4.69, 9.17) is 9.26 Å². The zero-order valence-corrected chi connectivity index (χ0v) is 17.4. The van der Waals surface area contributed by atoms with Gasteiger partial charge in [-0.25, -0.2) is 0 Å². The quantitative estimate of drug-likeness (QED) is 0.574. The number of amides is 2. The predicted molar refractivity (Wildman–Crippen MR) is 114 cm³/mol. The highest BCUT2D eigenvalue weighted by Crippen LogP contribution is 2.28. The van der Waals surface area contributed by atoms with Crippen LogP contribution in [0.4, 0.5) is 0 Å². The standard InChI is InChI=1S/C24H25N3O4/c1-17-7-9-18(10-8-17)14-25-24(29)22-13-21(31-26-22)15-27(19-11-12-19)23(28)16-30-20-5-3-2-4-6-20/h2-10,13,19H,11-12,14-16H2,1H3,(H,25,29). The van der Waals surface area contributed by atoms with Crippen LogP contribution in [0.5, 0.6) is 5.75 Å². The SMILES string of the molecule is Cc1ccc(CNC(=O)c2cc(CN(C(=O)COc3ccccc3)C3CC3)on2)cc1. The summed E-state index contributed by atoms with van der Waals surface area (Å²) in [7, 11) is 0. The van der Waals surface area contributed by atoms with Gasteiger partial charge in [-0.15, -0.1) is 0 Å². The van der Waals surface area contributed by atoms with Gasteiger partial charge in [0, 0.05) is 18.7 Å². The van der Waals surface area contributed by atoms with Gasteiger partial charge < -0.3 is 19.5 Å². The highest BCUT2D eigenvalue weighted by molar-refractivity contribution is 5.92. The van der Waals surface area contributed by atoms with Crippen molar-refractivity contribution in [2.45, 2.75) is 38.9 Å². The van der Waals surface area contributed by atoms with Crippen LogP contribution in [0.3, 0.4) is 0 Å². The van der Waals surface area contributed by atoms with E-state index < -0.39 is 0 Å². The van der Waals surface area contributed by atoms with Crippen LogP contribution in [0.2, 0.25) is 0 Å². The second-order valence-electron chi connectivity index (χ2n) is 7.70. The zero-order chi connectivity index (χ0) is 21.6. The molecule has 7 nitrogen and oxygen atoms in total. The second-order valence-corrected chi connectivity index (χ2v) is 7.70. The Balaban J connectivity index is 1.32. The summed E-state index contributed by atoms with van der Waals surface area (Å²) in [5.74, 6) is 0.694. The molecule has 0 unspecified atom stereocenters. The van der Waals surface area contributed by atoms with Gasteiger partial charge in [-0.1, -0.05) is 53.2 Å². The van der Waals surface area contributed by atoms with Crippen molar-refractivity contribution in [2.24, 2.45) is 0 Å². The molecule has 1 aliphatic carbocycles. The van der Waals surface area contributed by atoms with E-state index in [9.17, 15) is 9.59 Å². The van der Waals surface area contributed by atoms with Crippen LogP contribution in [0, 0.1) is 6.92 Å². The topological polar surface area (TPSA) is 84.7 Å². The van der Waals surface area contributed by atoms with Crippen LogP contribution < -0.4 is 10.1 Å². The Labute approximate surface area is 181 Å². The second kappa shape index (κ2) is 9.47. The minimum atomic E-state index is -0.313. The van der Waals surface area contributed by atoms with Gasteiger partial charge in [-0.3, -0.25) is 9.59 Å². The van der Waals surface area contributed by atoms with Crippen LogP contribution in [-0.2, 0) is 17.9 Å². The van der Waals surface area contributed by atoms with E-state index in [-0.39, 0.29) is 36.7 Å². The molecule has 0 bridgehead atoms. The number of rotatable bonds is 9. The van der Waals surface area contributed by atoms with Crippen molar-refractivity contribution in [3.05, 3.63) is 83.2 Å². The van der Waals surface area contributed by atoms with E-state index in [1.807, 2.05) is 61.5 Å². The van der Waals surface area contributed by atoms with Gasteiger partial charge in [-0.2, -0.15) is 0 Å². The Morgan fingerprint density at radius 2 is 1.87 bits per heavy atom. The maximum atomic E-state index is 12.7. The number of benzene rings is 2. The summed E-state index contributed by atoms with van der Waals surface area (Å²) in [5, 5.41) is 6.71. The van der Waals surface area contributed by atoms with Gasteiger partial charge in [0.25, 0.3) is 11.8 Å². The van der Waals surface area contributed by atoms with Crippen molar-refractivity contribution in [3.8, 4) is 5.75 Å². The molecule has 1 heterocycles. The van der Waals surface area contributed by atoms with Crippen molar-refractivity contribution in [1.29, 1.82) is 0 Å². The fraction of sp³-hybridized carbons (Fsp3) is 0.292. The third kappa shape index (κ3) is 5.72. The highest BCUT2D eigenvalue weighted by Gasteiger charge is 2.33. The first-order valence-corrected chi connectivity index (χ1v) is 10.3. The van der Waals surface area contributed by atoms with Gasteiger partial charge in [-0.05, 0) is 37.5 Å². The molecule has 7 heteroatoms. The number of hydrogen-bond donors (Lipinski definition) is 1. The predicted octanol–water partition coefficient (Wildman–Crippen LogP) is 3.48. The fourth-order valence-electron chi connectivity index (χ4n) is 3.19. The zero-order valence-electron chi connectivity index (χ0n) is 17.4. The van der Waals surface area contributed by atoms with Gasteiger partial charge in [0.2, 0.25) is 0 Å². The Morgan fingerprint density at radius 1 is 1.13 bits per heavy atom. The minimum absolute atomic E-state index is 0.0431. The molecule has 1 aliphatic rings. The maximum absolute atomic E-state index is 12.7. The first-order chi connectivity index (χ1) is 15.1. The van der Waals surface area contributed by atoms with Crippen molar-refractivity contribution >= 4 is 11.8 Å². The van der Waals surface area contributed by atoms with Crippen LogP contribution in [0.25, 0.3) is 0 Å². The normalized spacial score (nSPS) is 12.9. The molecule has 4 rings (SSSR count). The Hall–Kier alpha value is -3.61. The van der Waals surface area contributed by atoms with Crippen molar-refractivity contribution < 1.29 is 18.8 Å². The molecule has 1 N–H and O–H groups in total. The molecule has 31 heavy (non-hydrogen) atoms. The van der Waals surface area contributed by atoms with E-state index in [0.717, 1.165) is 18.4 Å². The average Bonchev–Trinajstić information content (AvgIpc) is 3.53. The lowest BCUT2D eigenvalue weighted by atomic mass is 10.1. The first-order valence-electron chi connectivity index (χ1n) is 10.3. The van der Waals surface area contributed by atoms with E-state index in [0.29, 0.717) is 18.1 Å². The number of nitrogens with one attached hydrogen (secondary N) is 1. The van der Waals surface area contributed by atoms with Crippen LogP contribution in [-0.4, -0.2) is 34.5 Å². The molecule has 2 amide bonds. The van der Waals surface area contributed by atoms with E-state index in [2.05, 4.69) is 10.5 Å². The number of aryl methyl sites for hydroxylation is 1. The third-order valence-electron chi connectivity index (χ3n) is 5.10. The van der Waals surface area contributed by atoms with E-state index >= 15 is 0 Å². The summed E-state index contributed by atoms with van der Waals surface area (Å²) < 4.78 is 10.9. The largest absolute Gasteiger partial charge is 0.484 e. The smallest absolute Gasteiger partial charge is 0.273 e. The van der Waals surface area contributed by atoms with Gasteiger partial charge in [0.15, 0.2) is 18.1 Å². The van der Waals surface area contributed by atoms with Gasteiger partial charge in [0.1, 0.15) is 5.75 Å². The molecule has 1 aromatic heterocycles. The lowest BCUT2D eigenvalue weighted by molar-refractivity contribution is -0.134. The molecule has 0 spiro atoms. The van der Waals surface area contributed by atoms with Gasteiger partial charge in [0.05, 0.1) is 6.54 Å². The Morgan fingerprint density at radius 3 is 2.58 bits per heavy atom. The summed E-state index contributed by atoms with van der Waals surface area (Å²) >= 11 is 0. The summed E-state index contributed by atoms with van der Waals surface area (Å²) in [5.41, 5.74) is 2.37. The van der Waals surface area contributed by atoms with Crippen molar-refractivity contribution in [2.75, 3.05) is 6.61 Å². The molecule has 1 fully saturated rings. The van der Waals surface area contributed by atoms with E-state index in [1.165, 1.54) is 5.56 Å². The number of hydrogen-bond acceptors (Lipinski definition) is 5. The Kier molecular flexibility index (Phi) is 6.31. The summed E-state index contributed by atoms with van der Waals surface area (Å²) in [6.07, 6.45) is 1.91. The lowest BCUT2D eigenvalue weighted by Gasteiger charge is -2.21. The first kappa shape index (κ1) is 20.7. The summed E-state index contributed by atoms with van der Waals surface area (Å²) in [4.78, 5) is 26.8. The maximum Gasteiger partial charge on any atom is 0.273 e. The Bertz CT molecular complexity index is 1030. The molecular weight excluding hydrogens is 394 g/mol. The molecular formula is C24H25N3O4. The minimum Gasteiger partial charge on any atom is -0.484 e. The number of aromatic nitrogens is 1. The number of ether oxygens (including phenoxy) is 1.